The summed E-state index contributed by atoms with van der Waals surface area (Å²) in [5.41, 5.74) is 5.09. The fraction of sp³-hybridized carbons (Fsp3) is 0.481. The van der Waals surface area contributed by atoms with Crippen LogP contribution < -0.4 is 15.5 Å². The minimum atomic E-state index is -0.339. The molecule has 0 aliphatic carbocycles. The van der Waals surface area contributed by atoms with E-state index in [1.165, 1.54) is 12.1 Å². The van der Waals surface area contributed by atoms with Gasteiger partial charge in [-0.2, -0.15) is 10.1 Å². The number of imidazole rings is 1. The van der Waals surface area contributed by atoms with Gasteiger partial charge in [-0.25, -0.2) is 18.9 Å². The highest BCUT2D eigenvalue weighted by molar-refractivity contribution is 5.81. The molecule has 0 bridgehead atoms. The number of halogens is 1. The molecule has 6 rings (SSSR count). The third kappa shape index (κ3) is 4.29. The van der Waals surface area contributed by atoms with E-state index in [1.807, 2.05) is 13.0 Å². The zero-order valence-corrected chi connectivity index (χ0v) is 22.3. The topological polar surface area (TPSA) is 98.0 Å². The first-order chi connectivity index (χ1) is 18.4. The second-order valence-electron chi connectivity index (χ2n) is 10.2. The number of benzene rings is 1. The number of anilines is 2. The first-order valence-corrected chi connectivity index (χ1v) is 13.3. The largest absolute Gasteiger partial charge is 0.377 e. The van der Waals surface area contributed by atoms with Crippen LogP contribution in [0.5, 0.6) is 0 Å². The van der Waals surface area contributed by atoms with Gasteiger partial charge in [-0.05, 0) is 58.8 Å². The third-order valence-corrected chi connectivity index (χ3v) is 7.64. The zero-order chi connectivity index (χ0) is 26.4. The van der Waals surface area contributed by atoms with E-state index in [1.54, 1.807) is 17.7 Å². The number of hydrogen-bond acceptors (Lipinski definition) is 8. The van der Waals surface area contributed by atoms with Crippen LogP contribution in [0.3, 0.4) is 0 Å². The summed E-state index contributed by atoms with van der Waals surface area (Å²) in [6, 6.07) is 7.13. The second kappa shape index (κ2) is 9.95. The molecule has 2 aliphatic heterocycles. The van der Waals surface area contributed by atoms with Gasteiger partial charge in [0.1, 0.15) is 11.6 Å². The third-order valence-electron chi connectivity index (χ3n) is 7.64. The summed E-state index contributed by atoms with van der Waals surface area (Å²) in [5, 5.41) is 11.5. The highest BCUT2D eigenvalue weighted by Crippen LogP contribution is 2.34. The molecular weight excluding hydrogens is 485 g/mol. The Balaban J connectivity index is 1.55. The van der Waals surface area contributed by atoms with Gasteiger partial charge < -0.3 is 20.3 Å². The van der Waals surface area contributed by atoms with Gasteiger partial charge in [0.2, 0.25) is 11.9 Å². The van der Waals surface area contributed by atoms with E-state index in [4.69, 9.17) is 19.8 Å². The maximum absolute atomic E-state index is 14.4. The molecule has 1 aromatic carbocycles. The molecule has 4 aromatic rings. The summed E-state index contributed by atoms with van der Waals surface area (Å²) in [4.78, 5) is 17.0. The quantitative estimate of drug-likeness (QED) is 0.413. The Morgan fingerprint density at radius 2 is 1.92 bits per heavy atom. The highest BCUT2D eigenvalue weighted by atomic mass is 19.1. The van der Waals surface area contributed by atoms with Crippen molar-refractivity contribution in [3.8, 4) is 17.2 Å². The van der Waals surface area contributed by atoms with Crippen molar-refractivity contribution in [3.63, 3.8) is 0 Å². The molecule has 0 amide bonds. The summed E-state index contributed by atoms with van der Waals surface area (Å²) in [7, 11) is 1.79. The van der Waals surface area contributed by atoms with E-state index in [0.29, 0.717) is 42.2 Å². The zero-order valence-electron chi connectivity index (χ0n) is 22.3. The van der Waals surface area contributed by atoms with Gasteiger partial charge in [0.15, 0.2) is 0 Å². The Morgan fingerprint density at radius 1 is 1.11 bits per heavy atom. The van der Waals surface area contributed by atoms with Crippen LogP contribution in [-0.2, 0) is 4.74 Å². The molecule has 2 fully saturated rings. The Kier molecular flexibility index (Phi) is 6.48. The summed E-state index contributed by atoms with van der Waals surface area (Å²) >= 11 is 0. The molecule has 2 N–H and O–H groups in total. The van der Waals surface area contributed by atoms with Crippen LogP contribution in [0, 0.1) is 19.7 Å². The molecule has 0 saturated carbocycles. The van der Waals surface area contributed by atoms with Crippen molar-refractivity contribution >= 4 is 22.8 Å². The average molecular weight is 520 g/mol. The molecule has 1 atom stereocenters. The van der Waals surface area contributed by atoms with Crippen molar-refractivity contribution in [2.45, 2.75) is 45.7 Å². The first kappa shape index (κ1) is 24.7. The Bertz CT molecular complexity index is 1470. The lowest BCUT2D eigenvalue weighted by molar-refractivity contribution is 0.0985. The highest BCUT2D eigenvalue weighted by Gasteiger charge is 2.27. The molecule has 5 heterocycles. The van der Waals surface area contributed by atoms with Gasteiger partial charge in [0, 0.05) is 37.0 Å². The van der Waals surface area contributed by atoms with Gasteiger partial charge in [-0.1, -0.05) is 0 Å². The van der Waals surface area contributed by atoms with Crippen molar-refractivity contribution in [3.05, 3.63) is 41.5 Å². The number of rotatable bonds is 5. The van der Waals surface area contributed by atoms with Crippen molar-refractivity contribution < 1.29 is 9.13 Å². The maximum Gasteiger partial charge on any atom is 0.239 e. The minimum absolute atomic E-state index is 0.153. The molecule has 3 aromatic heterocycles. The molecular formula is C27H34FN9O. The van der Waals surface area contributed by atoms with Gasteiger partial charge in [0.05, 0.1) is 47.7 Å². The van der Waals surface area contributed by atoms with E-state index < -0.39 is 0 Å². The predicted molar refractivity (Wildman–Crippen MR) is 146 cm³/mol. The molecule has 0 radical (unpaired) electrons. The van der Waals surface area contributed by atoms with E-state index in [0.717, 1.165) is 60.9 Å². The van der Waals surface area contributed by atoms with E-state index in [2.05, 4.69) is 39.0 Å². The number of aromatic nitrogens is 6. The molecule has 0 spiro atoms. The number of nitrogens with one attached hydrogen (secondary N) is 2. The van der Waals surface area contributed by atoms with Gasteiger partial charge in [-0.15, -0.1) is 0 Å². The van der Waals surface area contributed by atoms with Crippen molar-refractivity contribution in [1.29, 1.82) is 0 Å². The lowest BCUT2D eigenvalue weighted by Crippen LogP contribution is -2.44. The van der Waals surface area contributed by atoms with E-state index in [9.17, 15) is 4.39 Å². The van der Waals surface area contributed by atoms with Crippen molar-refractivity contribution in [1.82, 2.24) is 34.6 Å². The van der Waals surface area contributed by atoms with Gasteiger partial charge in [0.25, 0.3) is 0 Å². The fourth-order valence-corrected chi connectivity index (χ4v) is 5.72. The van der Waals surface area contributed by atoms with E-state index in [-0.39, 0.29) is 11.9 Å². The first-order valence-electron chi connectivity index (χ1n) is 13.3. The predicted octanol–water partition coefficient (Wildman–Crippen LogP) is 3.63. The number of ether oxygens (including phenoxy) is 1. The molecule has 2 saturated heterocycles. The minimum Gasteiger partial charge on any atom is -0.377 e. The van der Waals surface area contributed by atoms with Crippen molar-refractivity contribution in [2.24, 2.45) is 0 Å². The summed E-state index contributed by atoms with van der Waals surface area (Å²) in [6.45, 7) is 10.3. The molecule has 0 unspecified atom stereocenters. The molecule has 200 valence electrons. The molecule has 38 heavy (non-hydrogen) atoms. The monoisotopic (exact) mass is 519 g/mol. The lowest BCUT2D eigenvalue weighted by atomic mass is 10.1. The van der Waals surface area contributed by atoms with Crippen LogP contribution in [0.4, 0.5) is 16.2 Å². The SMILES string of the molecule is CNc1nc2ccc(F)cc2n1-c1nc(-c2c(C)nn(C3CCNCC3)c2C)cc(N2CCOC[C@H]2C)n1. The van der Waals surface area contributed by atoms with Crippen LogP contribution in [0.15, 0.2) is 24.3 Å². The van der Waals surface area contributed by atoms with Crippen molar-refractivity contribution in [2.75, 3.05) is 50.1 Å². The Hall–Kier alpha value is -3.57. The number of aryl methyl sites for hydroxylation is 1. The maximum atomic E-state index is 14.4. The lowest BCUT2D eigenvalue weighted by Gasteiger charge is -2.34. The van der Waals surface area contributed by atoms with Crippen LogP contribution in [0.2, 0.25) is 0 Å². The van der Waals surface area contributed by atoms with E-state index >= 15 is 0 Å². The fourth-order valence-electron chi connectivity index (χ4n) is 5.72. The van der Waals surface area contributed by atoms with Crippen LogP contribution >= 0.6 is 0 Å². The average Bonchev–Trinajstić information content (AvgIpc) is 3.44. The number of fused-ring (bicyclic) bond motifs is 1. The van der Waals surface area contributed by atoms with Gasteiger partial charge >= 0.3 is 0 Å². The molecule has 10 nitrogen and oxygen atoms in total. The second-order valence-corrected chi connectivity index (χ2v) is 10.2. The normalized spacial score (nSPS) is 18.9. The smallest absolute Gasteiger partial charge is 0.239 e. The van der Waals surface area contributed by atoms with Crippen LogP contribution in [0.25, 0.3) is 28.2 Å². The standard InChI is InChI=1S/C27H34FN9O/c1-16-15-38-12-11-35(16)24-14-22(25-17(2)34-37(18(25)3)20-7-9-30-10-8-20)32-27(33-24)36-23-13-19(28)5-6-21(23)31-26(36)29-4/h5-6,13-14,16,20,30H,7-12,15H2,1-4H3,(H,29,31)/t16-/m1/s1. The number of morpholine rings is 1. The summed E-state index contributed by atoms with van der Waals surface area (Å²) in [6.07, 6.45) is 2.09. The number of nitrogens with zero attached hydrogens (tertiary/aromatic N) is 7. The summed E-state index contributed by atoms with van der Waals surface area (Å²) in [5.74, 6) is 1.44. The van der Waals surface area contributed by atoms with Crippen LogP contribution in [0.1, 0.15) is 37.2 Å². The Morgan fingerprint density at radius 3 is 2.68 bits per heavy atom. The molecule has 11 heteroatoms. The van der Waals surface area contributed by atoms with Gasteiger partial charge in [-0.3, -0.25) is 4.68 Å². The van der Waals surface area contributed by atoms with Crippen LogP contribution in [-0.4, -0.2) is 75.2 Å². The number of hydrogen-bond donors (Lipinski definition) is 2. The summed E-state index contributed by atoms with van der Waals surface area (Å²) < 4.78 is 24.0. The molecule has 2 aliphatic rings. The number of piperidine rings is 1. The Labute approximate surface area is 221 Å².